The maximum atomic E-state index is 11.4. The molecule has 0 aromatic rings. The number of unbranched alkanes of at least 4 members (excludes halogenated alkanes) is 1. The summed E-state index contributed by atoms with van der Waals surface area (Å²) >= 11 is 6.64. The Morgan fingerprint density at radius 1 is 1.75 bits per heavy atom. The molecule has 0 N–H and O–H groups in total. The molecule has 0 radical (unpaired) electrons. The smallest absolute Gasteiger partial charge is 0.228 e. The molecule has 2 nitrogen and oxygen atoms in total. The molecule has 0 aromatic carbocycles. The molecule has 0 aromatic heterocycles. The Labute approximate surface area is 82.7 Å². The molecule has 1 amide bonds. The SMILES string of the molecule is CCCCC(=O)N1CCSC1=S. The number of carbonyl (C=O) groups is 1. The number of hydrogen-bond donors (Lipinski definition) is 0. The third kappa shape index (κ3) is 2.45. The second-order valence-electron chi connectivity index (χ2n) is 2.76. The van der Waals surface area contributed by atoms with Crippen LogP contribution in [-0.2, 0) is 4.79 Å². The van der Waals surface area contributed by atoms with Crippen LogP contribution in [0.4, 0.5) is 0 Å². The van der Waals surface area contributed by atoms with E-state index in [1.165, 1.54) is 0 Å². The zero-order chi connectivity index (χ0) is 8.97. The third-order valence-corrected chi connectivity index (χ3v) is 3.23. The topological polar surface area (TPSA) is 20.3 Å². The van der Waals surface area contributed by atoms with E-state index in [0.717, 1.165) is 29.5 Å². The second-order valence-corrected chi connectivity index (χ2v) is 4.49. The van der Waals surface area contributed by atoms with Gasteiger partial charge in [-0.25, -0.2) is 0 Å². The van der Waals surface area contributed by atoms with Crippen molar-refractivity contribution in [2.75, 3.05) is 12.3 Å². The van der Waals surface area contributed by atoms with Gasteiger partial charge in [0.25, 0.3) is 0 Å². The first-order valence-electron chi connectivity index (χ1n) is 4.23. The van der Waals surface area contributed by atoms with Crippen LogP contribution in [0.25, 0.3) is 0 Å². The van der Waals surface area contributed by atoms with Gasteiger partial charge in [0.1, 0.15) is 4.32 Å². The average molecular weight is 203 g/mol. The lowest BCUT2D eigenvalue weighted by atomic mass is 10.2. The molecule has 1 aliphatic heterocycles. The summed E-state index contributed by atoms with van der Waals surface area (Å²) in [6, 6.07) is 0. The third-order valence-electron chi connectivity index (χ3n) is 1.81. The van der Waals surface area contributed by atoms with Crippen LogP contribution in [0.15, 0.2) is 0 Å². The Balaban J connectivity index is 2.36. The first kappa shape index (κ1) is 9.99. The Bertz CT molecular complexity index is 193. The molecule has 0 spiro atoms. The molecule has 1 fully saturated rings. The molecule has 0 atom stereocenters. The largest absolute Gasteiger partial charge is 0.297 e. The Kier molecular flexibility index (Phi) is 4.01. The van der Waals surface area contributed by atoms with E-state index in [0.29, 0.717) is 6.42 Å². The van der Waals surface area contributed by atoms with Crippen molar-refractivity contribution in [3.05, 3.63) is 0 Å². The number of amides is 1. The summed E-state index contributed by atoms with van der Waals surface area (Å²) in [5, 5.41) is 0. The van der Waals surface area contributed by atoms with Crippen LogP contribution in [0, 0.1) is 0 Å². The van der Waals surface area contributed by atoms with Gasteiger partial charge in [0.05, 0.1) is 0 Å². The summed E-state index contributed by atoms with van der Waals surface area (Å²) in [7, 11) is 0. The van der Waals surface area contributed by atoms with Crippen molar-refractivity contribution in [2.24, 2.45) is 0 Å². The van der Waals surface area contributed by atoms with Gasteiger partial charge in [-0.1, -0.05) is 37.3 Å². The zero-order valence-corrected chi connectivity index (χ0v) is 8.84. The fourth-order valence-corrected chi connectivity index (χ4v) is 2.32. The lowest BCUT2D eigenvalue weighted by Gasteiger charge is -2.13. The summed E-state index contributed by atoms with van der Waals surface area (Å²) in [4.78, 5) is 13.2. The fourth-order valence-electron chi connectivity index (χ4n) is 1.08. The molecular formula is C8H13NOS2. The predicted molar refractivity (Wildman–Crippen MR) is 56.3 cm³/mol. The fraction of sp³-hybridized carbons (Fsp3) is 0.750. The average Bonchev–Trinajstić information content (AvgIpc) is 2.47. The van der Waals surface area contributed by atoms with E-state index in [1.807, 2.05) is 0 Å². The van der Waals surface area contributed by atoms with E-state index in [9.17, 15) is 4.79 Å². The van der Waals surface area contributed by atoms with Crippen molar-refractivity contribution >= 4 is 34.2 Å². The highest BCUT2D eigenvalue weighted by Gasteiger charge is 2.22. The van der Waals surface area contributed by atoms with Crippen LogP contribution in [0.2, 0.25) is 0 Å². The Hall–Kier alpha value is -0.0900. The van der Waals surface area contributed by atoms with Crippen LogP contribution < -0.4 is 0 Å². The quantitative estimate of drug-likeness (QED) is 0.655. The number of rotatable bonds is 3. The summed E-state index contributed by atoms with van der Waals surface area (Å²) in [5.74, 6) is 1.17. The van der Waals surface area contributed by atoms with Gasteiger partial charge in [-0.05, 0) is 6.42 Å². The standard InChI is InChI=1S/C8H13NOS2/c1-2-3-4-7(10)9-5-6-12-8(9)11/h2-6H2,1H3. The first-order chi connectivity index (χ1) is 5.75. The van der Waals surface area contributed by atoms with E-state index in [4.69, 9.17) is 12.2 Å². The number of hydrogen-bond acceptors (Lipinski definition) is 3. The van der Waals surface area contributed by atoms with Gasteiger partial charge in [-0.3, -0.25) is 9.69 Å². The van der Waals surface area contributed by atoms with E-state index < -0.39 is 0 Å². The van der Waals surface area contributed by atoms with Crippen LogP contribution in [0.1, 0.15) is 26.2 Å². The number of thiocarbonyl (C=S) groups is 1. The van der Waals surface area contributed by atoms with E-state index in [2.05, 4.69) is 6.92 Å². The van der Waals surface area contributed by atoms with Crippen molar-refractivity contribution < 1.29 is 4.79 Å². The monoisotopic (exact) mass is 203 g/mol. The summed E-state index contributed by atoms with van der Waals surface area (Å²) < 4.78 is 0.760. The Morgan fingerprint density at radius 3 is 3.00 bits per heavy atom. The number of thioether (sulfide) groups is 1. The molecule has 1 aliphatic rings. The molecule has 0 saturated carbocycles. The molecule has 1 rings (SSSR count). The summed E-state index contributed by atoms with van der Waals surface area (Å²) in [5.41, 5.74) is 0. The van der Waals surface area contributed by atoms with Crippen molar-refractivity contribution in [3.63, 3.8) is 0 Å². The van der Waals surface area contributed by atoms with Gasteiger partial charge in [-0.15, -0.1) is 0 Å². The summed E-state index contributed by atoms with van der Waals surface area (Å²) in [6.07, 6.45) is 2.69. The Morgan fingerprint density at radius 2 is 2.50 bits per heavy atom. The maximum Gasteiger partial charge on any atom is 0.228 e. The molecule has 0 bridgehead atoms. The molecule has 1 heterocycles. The van der Waals surface area contributed by atoms with E-state index >= 15 is 0 Å². The van der Waals surface area contributed by atoms with Gasteiger partial charge < -0.3 is 0 Å². The van der Waals surface area contributed by atoms with Gasteiger partial charge in [0.2, 0.25) is 5.91 Å². The highest BCUT2D eigenvalue weighted by Crippen LogP contribution is 2.19. The molecule has 0 unspecified atom stereocenters. The minimum Gasteiger partial charge on any atom is -0.297 e. The van der Waals surface area contributed by atoms with Gasteiger partial charge >= 0.3 is 0 Å². The van der Waals surface area contributed by atoms with Crippen molar-refractivity contribution in [1.82, 2.24) is 4.90 Å². The normalized spacial score (nSPS) is 17.1. The first-order valence-corrected chi connectivity index (χ1v) is 5.62. The highest BCUT2D eigenvalue weighted by molar-refractivity contribution is 8.23. The van der Waals surface area contributed by atoms with Crippen molar-refractivity contribution in [2.45, 2.75) is 26.2 Å². The molecule has 68 valence electrons. The lowest BCUT2D eigenvalue weighted by Crippen LogP contribution is -2.30. The molecule has 4 heteroatoms. The van der Waals surface area contributed by atoms with E-state index in [-0.39, 0.29) is 5.91 Å². The zero-order valence-electron chi connectivity index (χ0n) is 7.21. The number of carbonyl (C=O) groups excluding carboxylic acids is 1. The molecule has 12 heavy (non-hydrogen) atoms. The maximum absolute atomic E-state index is 11.4. The van der Waals surface area contributed by atoms with Crippen LogP contribution in [0.5, 0.6) is 0 Å². The number of nitrogens with zero attached hydrogens (tertiary/aromatic N) is 1. The van der Waals surface area contributed by atoms with Crippen LogP contribution in [0.3, 0.4) is 0 Å². The highest BCUT2D eigenvalue weighted by atomic mass is 32.2. The summed E-state index contributed by atoms with van der Waals surface area (Å²) in [6.45, 7) is 2.90. The van der Waals surface area contributed by atoms with Crippen LogP contribution >= 0.6 is 24.0 Å². The van der Waals surface area contributed by atoms with Crippen molar-refractivity contribution in [1.29, 1.82) is 0 Å². The predicted octanol–water partition coefficient (Wildman–Crippen LogP) is 2.04. The minimum atomic E-state index is 0.201. The molecule has 0 aliphatic carbocycles. The van der Waals surface area contributed by atoms with Gasteiger partial charge in [-0.2, -0.15) is 0 Å². The second kappa shape index (κ2) is 4.82. The van der Waals surface area contributed by atoms with E-state index in [1.54, 1.807) is 16.7 Å². The van der Waals surface area contributed by atoms with Crippen molar-refractivity contribution in [3.8, 4) is 0 Å². The van der Waals surface area contributed by atoms with Gasteiger partial charge in [0.15, 0.2) is 0 Å². The molecular weight excluding hydrogens is 190 g/mol. The lowest BCUT2D eigenvalue weighted by molar-refractivity contribution is -0.126. The van der Waals surface area contributed by atoms with Gasteiger partial charge in [0, 0.05) is 18.7 Å². The minimum absolute atomic E-state index is 0.201. The molecule has 1 saturated heterocycles. The van der Waals surface area contributed by atoms with Crippen LogP contribution in [-0.4, -0.2) is 27.4 Å².